The molecule has 46 heavy (non-hydrogen) atoms. The number of aromatic nitrogens is 1. The van der Waals surface area contributed by atoms with Gasteiger partial charge in [0.15, 0.2) is 0 Å². The van der Waals surface area contributed by atoms with Gasteiger partial charge in [0.1, 0.15) is 0 Å². The summed E-state index contributed by atoms with van der Waals surface area (Å²) in [7, 11) is 0. The smallest absolute Gasteiger partial charge is 0.0273 e. The second kappa shape index (κ2) is 10.9. The van der Waals surface area contributed by atoms with Gasteiger partial charge in [-0.3, -0.25) is 9.98 Å². The normalized spacial score (nSPS) is 14.5. The molecule has 0 spiro atoms. The van der Waals surface area contributed by atoms with Crippen molar-refractivity contribution in [1.29, 1.82) is 0 Å². The van der Waals surface area contributed by atoms with Crippen LogP contribution in [-0.4, -0.2) is 11.2 Å². The van der Waals surface area contributed by atoms with E-state index in [4.69, 9.17) is 0 Å². The first kappa shape index (κ1) is 26.5. The average Bonchev–Trinajstić information content (AvgIpc) is 3.47. The lowest BCUT2D eigenvalue weighted by molar-refractivity contribution is 0.887. The molecule has 0 N–H and O–H groups in total. The molecule has 0 radical (unpaired) electrons. The maximum Gasteiger partial charge on any atom is 0.0273 e. The van der Waals surface area contributed by atoms with Gasteiger partial charge in [-0.05, 0) is 120 Å². The highest BCUT2D eigenvalue weighted by molar-refractivity contribution is 6.18. The van der Waals surface area contributed by atoms with E-state index >= 15 is 0 Å². The van der Waals surface area contributed by atoms with Gasteiger partial charge < -0.3 is 0 Å². The monoisotopic (exact) mass is 586 g/mol. The van der Waals surface area contributed by atoms with Crippen LogP contribution in [0.15, 0.2) is 163 Å². The fraction of sp³-hybridized carbons (Fsp3) is 0.0455. The third-order valence-electron chi connectivity index (χ3n) is 9.57. The van der Waals surface area contributed by atoms with Gasteiger partial charge >= 0.3 is 0 Å². The Balaban J connectivity index is 1.19. The van der Waals surface area contributed by atoms with E-state index < -0.39 is 0 Å². The molecule has 1 aliphatic heterocycles. The molecule has 2 aliphatic rings. The molecule has 7 aromatic rings. The zero-order valence-electron chi connectivity index (χ0n) is 25.3. The van der Waals surface area contributed by atoms with Crippen LogP contribution in [0.5, 0.6) is 0 Å². The second-order valence-electron chi connectivity index (χ2n) is 12.2. The number of allylic oxidation sites excluding steroid dienone is 1. The van der Waals surface area contributed by atoms with Crippen molar-refractivity contribution in [1.82, 2.24) is 4.98 Å². The Bertz CT molecular complexity index is 2280. The second-order valence-corrected chi connectivity index (χ2v) is 12.2. The molecular formula is C44H30N2. The summed E-state index contributed by atoms with van der Waals surface area (Å²) < 4.78 is 0. The summed E-state index contributed by atoms with van der Waals surface area (Å²) in [6.07, 6.45) is 10.7. The van der Waals surface area contributed by atoms with Crippen molar-refractivity contribution in [2.45, 2.75) is 12.3 Å². The Hall–Kier alpha value is -5.86. The predicted octanol–water partition coefficient (Wildman–Crippen LogP) is 11.6. The molecule has 0 saturated heterocycles. The van der Waals surface area contributed by atoms with E-state index in [0.29, 0.717) is 5.92 Å². The highest BCUT2D eigenvalue weighted by Crippen LogP contribution is 2.49. The minimum absolute atomic E-state index is 0.380. The standard InChI is InChI=1S/C44H30N2/c1-2-5-40-39(4-1)42-7-3-6-41-38(16-17-43(40)44(41)42)37-27-35(31-12-8-29(9-13-31)33-18-22-45-23-19-33)26-36(28-37)32-14-10-30(11-15-32)34-20-24-46-25-21-34/h1-20,22-28,34H,21H2. The van der Waals surface area contributed by atoms with Crippen molar-refractivity contribution in [2.24, 2.45) is 4.99 Å². The summed E-state index contributed by atoms with van der Waals surface area (Å²) in [5.74, 6) is 0.380. The Labute approximate surface area is 269 Å². The molecule has 2 heterocycles. The largest absolute Gasteiger partial charge is 0.269 e. The first-order chi connectivity index (χ1) is 22.8. The minimum atomic E-state index is 0.380. The van der Waals surface area contributed by atoms with Crippen molar-refractivity contribution >= 4 is 17.0 Å². The van der Waals surface area contributed by atoms with Gasteiger partial charge in [-0.2, -0.15) is 0 Å². The molecule has 2 heteroatoms. The zero-order valence-corrected chi connectivity index (χ0v) is 25.3. The van der Waals surface area contributed by atoms with Crippen LogP contribution in [0.4, 0.5) is 0 Å². The van der Waals surface area contributed by atoms with E-state index in [1.54, 1.807) is 0 Å². The number of pyridine rings is 1. The number of rotatable bonds is 5. The minimum Gasteiger partial charge on any atom is -0.269 e. The number of benzene rings is 6. The van der Waals surface area contributed by atoms with Crippen molar-refractivity contribution in [3.63, 3.8) is 0 Å². The lowest BCUT2D eigenvalue weighted by Crippen LogP contribution is -1.98. The fourth-order valence-corrected chi connectivity index (χ4v) is 7.21. The number of hydrogen-bond donors (Lipinski definition) is 0. The van der Waals surface area contributed by atoms with Gasteiger partial charge in [0.05, 0.1) is 0 Å². The van der Waals surface area contributed by atoms with Crippen LogP contribution in [-0.2, 0) is 0 Å². The third-order valence-corrected chi connectivity index (χ3v) is 9.57. The zero-order chi connectivity index (χ0) is 30.5. The summed E-state index contributed by atoms with van der Waals surface area (Å²) in [4.78, 5) is 8.44. The lowest BCUT2D eigenvalue weighted by Gasteiger charge is -2.16. The summed E-state index contributed by atoms with van der Waals surface area (Å²) >= 11 is 0. The van der Waals surface area contributed by atoms with Gasteiger partial charge in [0, 0.05) is 30.7 Å². The van der Waals surface area contributed by atoms with E-state index in [2.05, 4.69) is 150 Å². The molecule has 9 rings (SSSR count). The Morgan fingerprint density at radius 2 is 1.02 bits per heavy atom. The Kier molecular flexibility index (Phi) is 6.31. The molecule has 1 aromatic heterocycles. The molecule has 1 atom stereocenters. The first-order valence-electron chi connectivity index (χ1n) is 15.9. The van der Waals surface area contributed by atoms with Crippen LogP contribution in [0.2, 0.25) is 0 Å². The van der Waals surface area contributed by atoms with E-state index in [9.17, 15) is 0 Å². The topological polar surface area (TPSA) is 25.2 Å². The lowest BCUT2D eigenvalue weighted by atomic mass is 9.88. The van der Waals surface area contributed by atoms with Crippen LogP contribution in [0, 0.1) is 0 Å². The van der Waals surface area contributed by atoms with Gasteiger partial charge in [-0.15, -0.1) is 0 Å². The molecule has 6 aromatic carbocycles. The van der Waals surface area contributed by atoms with Crippen LogP contribution in [0.1, 0.15) is 17.9 Å². The molecule has 1 unspecified atom stereocenters. The van der Waals surface area contributed by atoms with Crippen molar-refractivity contribution < 1.29 is 0 Å². The maximum absolute atomic E-state index is 4.26. The number of hydrogen-bond acceptors (Lipinski definition) is 2. The van der Waals surface area contributed by atoms with E-state index in [-0.39, 0.29) is 0 Å². The first-order valence-corrected chi connectivity index (χ1v) is 15.9. The molecule has 0 fully saturated rings. The number of aliphatic imine (C=N–C) groups is 1. The van der Waals surface area contributed by atoms with Crippen LogP contribution in [0.25, 0.3) is 77.5 Å². The molecule has 2 nitrogen and oxygen atoms in total. The molecule has 216 valence electrons. The summed E-state index contributed by atoms with van der Waals surface area (Å²) in [5, 5.41) is 2.65. The predicted molar refractivity (Wildman–Crippen MR) is 193 cm³/mol. The number of fused-ring (bicyclic) bond motifs is 3. The maximum atomic E-state index is 4.26. The van der Waals surface area contributed by atoms with Gasteiger partial charge in [-0.1, -0.05) is 109 Å². The Morgan fingerprint density at radius 3 is 1.70 bits per heavy atom. The van der Waals surface area contributed by atoms with Crippen molar-refractivity contribution in [3.05, 3.63) is 164 Å². The van der Waals surface area contributed by atoms with Crippen LogP contribution in [0.3, 0.4) is 0 Å². The fourth-order valence-electron chi connectivity index (χ4n) is 7.21. The van der Waals surface area contributed by atoms with E-state index in [0.717, 1.165) is 6.42 Å². The average molecular weight is 587 g/mol. The SMILES string of the molecule is C1=CC(c2ccc(-c3cc(-c4ccc(-c5ccncc5)cc4)cc(-c4ccc5c6c(cccc46)-c4ccccc4-5)c3)cc2)CC=N1. The molecular weight excluding hydrogens is 556 g/mol. The van der Waals surface area contributed by atoms with Gasteiger partial charge in [0.25, 0.3) is 0 Å². The summed E-state index contributed by atoms with van der Waals surface area (Å²) in [6.45, 7) is 0. The third kappa shape index (κ3) is 4.50. The van der Waals surface area contributed by atoms with Crippen LogP contribution >= 0.6 is 0 Å². The molecule has 0 bridgehead atoms. The van der Waals surface area contributed by atoms with Crippen LogP contribution < -0.4 is 0 Å². The Morgan fingerprint density at radius 1 is 0.457 bits per heavy atom. The van der Waals surface area contributed by atoms with Gasteiger partial charge in [-0.25, -0.2) is 0 Å². The highest BCUT2D eigenvalue weighted by atomic mass is 14.7. The quantitative estimate of drug-likeness (QED) is 0.197. The molecule has 1 aliphatic carbocycles. The summed E-state index contributed by atoms with van der Waals surface area (Å²) in [5.41, 5.74) is 16.3. The molecule has 0 amide bonds. The number of nitrogens with zero attached hydrogens (tertiary/aromatic N) is 2. The van der Waals surface area contributed by atoms with Crippen molar-refractivity contribution in [3.8, 4) is 66.8 Å². The van der Waals surface area contributed by atoms with E-state index in [1.165, 1.54) is 83.1 Å². The summed E-state index contributed by atoms with van der Waals surface area (Å²) in [6, 6.07) is 49.3. The molecule has 0 saturated carbocycles. The highest BCUT2D eigenvalue weighted by Gasteiger charge is 2.22. The van der Waals surface area contributed by atoms with Crippen molar-refractivity contribution in [2.75, 3.05) is 0 Å². The van der Waals surface area contributed by atoms with Gasteiger partial charge in [0.2, 0.25) is 0 Å². The van der Waals surface area contributed by atoms with E-state index in [1.807, 2.05) is 24.8 Å².